The summed E-state index contributed by atoms with van der Waals surface area (Å²) in [5.74, 6) is -1.08. The largest absolute Gasteiger partial charge is 0.458 e. The van der Waals surface area contributed by atoms with Crippen LogP contribution >= 0.6 is 0 Å². The van der Waals surface area contributed by atoms with Crippen LogP contribution in [0, 0.1) is 12.7 Å². The molecule has 2 aromatic rings. The molecule has 4 rings (SSSR count). The van der Waals surface area contributed by atoms with Crippen molar-refractivity contribution in [2.24, 2.45) is 0 Å². The molecule has 0 unspecified atom stereocenters. The molecule has 0 aliphatic carbocycles. The summed E-state index contributed by atoms with van der Waals surface area (Å²) in [7, 11) is 0. The molecule has 0 spiro atoms. The van der Waals surface area contributed by atoms with Gasteiger partial charge in [-0.15, -0.1) is 0 Å². The maximum absolute atomic E-state index is 15.0. The lowest BCUT2D eigenvalue weighted by Crippen LogP contribution is -2.44. The van der Waals surface area contributed by atoms with Gasteiger partial charge in [0.15, 0.2) is 5.60 Å². The van der Waals surface area contributed by atoms with Crippen LogP contribution < -0.4 is 5.56 Å². The van der Waals surface area contributed by atoms with Gasteiger partial charge in [0.1, 0.15) is 12.4 Å². The van der Waals surface area contributed by atoms with Crippen LogP contribution in [0.2, 0.25) is 0 Å². The molecule has 0 aromatic carbocycles. The average molecular weight is 481 g/mol. The highest BCUT2D eigenvalue weighted by molar-refractivity contribution is 5.84. The van der Waals surface area contributed by atoms with Crippen molar-refractivity contribution in [2.75, 3.05) is 0 Å². The molecule has 0 bridgehead atoms. The third-order valence-electron chi connectivity index (χ3n) is 7.30. The molecule has 2 aromatic heterocycles. The van der Waals surface area contributed by atoms with Gasteiger partial charge in [0.25, 0.3) is 5.56 Å². The molecule has 4 heterocycles. The van der Waals surface area contributed by atoms with E-state index in [2.05, 4.69) is 11.9 Å². The Kier molecular flexibility index (Phi) is 7.08. The number of ether oxygens (including phenoxy) is 1. The number of esters is 1. The monoisotopic (exact) mass is 480 g/mol. The highest BCUT2D eigenvalue weighted by atomic mass is 19.1. The number of hydrogen-bond donors (Lipinski definition) is 1. The molecule has 0 saturated carbocycles. The second-order valence-electron chi connectivity index (χ2n) is 9.35. The Morgan fingerprint density at radius 2 is 1.97 bits per heavy atom. The summed E-state index contributed by atoms with van der Waals surface area (Å²) in [6.45, 7) is 7.82. The summed E-state index contributed by atoms with van der Waals surface area (Å²) in [6.07, 6.45) is 6.12. The maximum Gasteiger partial charge on any atom is 0.343 e. The first-order valence-corrected chi connectivity index (χ1v) is 12.5. The van der Waals surface area contributed by atoms with Gasteiger partial charge >= 0.3 is 5.97 Å². The first kappa shape index (κ1) is 25.0. The van der Waals surface area contributed by atoms with Gasteiger partial charge in [0.2, 0.25) is 0 Å². The number of carbonyl (C=O) groups is 1. The Balaban J connectivity index is 1.99. The second kappa shape index (κ2) is 9.90. The second-order valence-corrected chi connectivity index (χ2v) is 9.35. The topological polar surface area (TPSA) is 81.4 Å². The van der Waals surface area contributed by atoms with Crippen LogP contribution in [-0.2, 0) is 41.1 Å². The summed E-state index contributed by atoms with van der Waals surface area (Å²) in [5, 5.41) is 11.1. The number of nitrogens with zero attached hydrogens (tertiary/aromatic N) is 2. The zero-order valence-electron chi connectivity index (χ0n) is 20.9. The molecule has 0 radical (unpaired) electrons. The van der Waals surface area contributed by atoms with Crippen molar-refractivity contribution >= 4 is 5.97 Å². The van der Waals surface area contributed by atoms with Crippen molar-refractivity contribution in [1.29, 1.82) is 0 Å². The quantitative estimate of drug-likeness (QED) is 0.405. The van der Waals surface area contributed by atoms with Crippen molar-refractivity contribution in [1.82, 2.24) is 9.55 Å². The van der Waals surface area contributed by atoms with Crippen LogP contribution in [0.5, 0.6) is 0 Å². The summed E-state index contributed by atoms with van der Waals surface area (Å²) < 4.78 is 21.8. The number of pyridine rings is 1. The normalized spacial score (nSPS) is 17.8. The minimum absolute atomic E-state index is 0.0793. The third kappa shape index (κ3) is 4.27. The van der Waals surface area contributed by atoms with Gasteiger partial charge in [-0.2, -0.15) is 0 Å². The van der Waals surface area contributed by atoms with E-state index in [1.807, 2.05) is 19.9 Å². The van der Waals surface area contributed by atoms with Crippen LogP contribution in [0.1, 0.15) is 79.8 Å². The number of carbonyl (C=O) groups excluding carboxylic acids is 1. The fourth-order valence-electron chi connectivity index (χ4n) is 5.13. The van der Waals surface area contributed by atoms with Crippen LogP contribution in [-0.4, -0.2) is 20.6 Å². The van der Waals surface area contributed by atoms with E-state index < -0.39 is 11.6 Å². The number of rotatable bonds is 6. The van der Waals surface area contributed by atoms with Gasteiger partial charge in [-0.25, -0.2) is 9.18 Å². The molecule has 2 aliphatic rings. The van der Waals surface area contributed by atoms with E-state index in [1.54, 1.807) is 17.6 Å². The summed E-state index contributed by atoms with van der Waals surface area (Å²) in [4.78, 5) is 30.4. The predicted octanol–water partition coefficient (Wildman–Crippen LogP) is 4.79. The molecule has 35 heavy (non-hydrogen) atoms. The van der Waals surface area contributed by atoms with E-state index in [1.165, 1.54) is 12.3 Å². The smallest absolute Gasteiger partial charge is 0.343 e. The van der Waals surface area contributed by atoms with Gasteiger partial charge in [-0.05, 0) is 61.4 Å². The fraction of sp³-hybridized carbons (Fsp3) is 0.464. The fourth-order valence-corrected chi connectivity index (χ4v) is 5.13. The standard InChI is InChI=1S/C28H33FN2O4/c1-5-8-9-10-20-17(4)23(29)11-12-30-25-19(13-18(20)6-2)15-31-24(25)14-22-21(26(31)32)16-35-27(33)28(22,34)7-3/h11-14,34H,5-10,15-16H2,1-4H3/t28-/m0/s1. The minimum atomic E-state index is -1.88. The predicted molar refractivity (Wildman–Crippen MR) is 132 cm³/mol. The molecule has 7 heteroatoms. The van der Waals surface area contributed by atoms with E-state index in [9.17, 15) is 14.7 Å². The Hall–Kier alpha value is -3.06. The summed E-state index contributed by atoms with van der Waals surface area (Å²) >= 11 is 0. The maximum atomic E-state index is 15.0. The Morgan fingerprint density at radius 1 is 1.20 bits per heavy atom. The molecule has 2 aliphatic heterocycles. The molecule has 1 N–H and O–H groups in total. The summed E-state index contributed by atoms with van der Waals surface area (Å²) in [5.41, 5.74) is 2.92. The lowest BCUT2D eigenvalue weighted by Gasteiger charge is -2.31. The van der Waals surface area contributed by atoms with Crippen molar-refractivity contribution < 1.29 is 19.0 Å². The number of aromatic nitrogens is 2. The van der Waals surface area contributed by atoms with E-state index in [-0.39, 0.29) is 35.5 Å². The zero-order valence-corrected chi connectivity index (χ0v) is 20.9. The van der Waals surface area contributed by atoms with Crippen molar-refractivity contribution in [3.8, 4) is 11.4 Å². The first-order chi connectivity index (χ1) is 16.8. The third-order valence-corrected chi connectivity index (χ3v) is 7.30. The zero-order chi connectivity index (χ0) is 25.3. The first-order valence-electron chi connectivity index (χ1n) is 12.5. The Bertz CT molecular complexity index is 1300. The van der Waals surface area contributed by atoms with Crippen LogP contribution in [0.25, 0.3) is 11.4 Å². The molecule has 0 saturated heterocycles. The number of fused-ring (bicyclic) bond motifs is 4. The Morgan fingerprint density at radius 3 is 2.66 bits per heavy atom. The Labute approximate surface area is 205 Å². The van der Waals surface area contributed by atoms with Gasteiger partial charge in [-0.3, -0.25) is 9.78 Å². The lowest BCUT2D eigenvalue weighted by atomic mass is 9.86. The highest BCUT2D eigenvalue weighted by Gasteiger charge is 2.45. The van der Waals surface area contributed by atoms with Gasteiger partial charge in [0, 0.05) is 17.3 Å². The highest BCUT2D eigenvalue weighted by Crippen LogP contribution is 2.37. The molecular weight excluding hydrogens is 447 g/mol. The number of halogens is 1. The molecule has 0 fully saturated rings. The van der Waals surface area contributed by atoms with Crippen molar-refractivity contribution in [3.63, 3.8) is 0 Å². The van der Waals surface area contributed by atoms with Crippen LogP contribution in [0.15, 0.2) is 29.2 Å². The SMILES string of the molecule is CCCCCc1c(CC)cc2c(nccc(F)c1C)-c1cc3c(c(=O)n1C2)COC(=O)[C@]3(O)CC. The van der Waals surface area contributed by atoms with Gasteiger partial charge < -0.3 is 14.4 Å². The average Bonchev–Trinajstić information content (AvgIpc) is 3.20. The van der Waals surface area contributed by atoms with Gasteiger partial charge in [0.05, 0.1) is 23.5 Å². The van der Waals surface area contributed by atoms with Crippen molar-refractivity contribution in [2.45, 2.75) is 85.0 Å². The van der Waals surface area contributed by atoms with E-state index in [0.29, 0.717) is 29.9 Å². The number of unbranched alkanes of at least 4 members (excludes halogenated alkanes) is 2. The van der Waals surface area contributed by atoms with E-state index in [0.717, 1.165) is 42.4 Å². The van der Waals surface area contributed by atoms with Crippen LogP contribution in [0.4, 0.5) is 4.39 Å². The van der Waals surface area contributed by atoms with E-state index in [4.69, 9.17) is 4.74 Å². The number of aliphatic hydroxyl groups is 1. The number of aryl methyl sites for hydroxylation is 1. The van der Waals surface area contributed by atoms with Crippen molar-refractivity contribution in [3.05, 3.63) is 73.9 Å². The van der Waals surface area contributed by atoms with Crippen LogP contribution in [0.3, 0.4) is 0 Å². The lowest BCUT2D eigenvalue weighted by molar-refractivity contribution is -0.172. The van der Waals surface area contributed by atoms with E-state index >= 15 is 4.39 Å². The number of cyclic esters (lactones) is 1. The molecular formula is C28H33FN2O4. The molecule has 6 nitrogen and oxygen atoms in total. The minimum Gasteiger partial charge on any atom is -0.458 e. The number of hydrogen-bond acceptors (Lipinski definition) is 5. The molecule has 1 atom stereocenters. The van der Waals surface area contributed by atoms with Gasteiger partial charge in [-0.1, -0.05) is 39.7 Å². The molecule has 186 valence electrons. The molecule has 0 amide bonds. The summed E-state index contributed by atoms with van der Waals surface area (Å²) in [6, 6.07) is 5.07.